The molecule has 0 N–H and O–H groups in total. The summed E-state index contributed by atoms with van der Waals surface area (Å²) < 4.78 is 12.3. The summed E-state index contributed by atoms with van der Waals surface area (Å²) in [5.41, 5.74) is 13.1. The van der Waals surface area contributed by atoms with Crippen LogP contribution in [0.3, 0.4) is 0 Å². The van der Waals surface area contributed by atoms with Crippen LogP contribution < -0.4 is 10.2 Å². The van der Waals surface area contributed by atoms with E-state index in [0.29, 0.717) is 21.9 Å². The summed E-state index contributed by atoms with van der Waals surface area (Å²) >= 11 is 0. The molecular weight excluding hydrogens is 540 g/mol. The van der Waals surface area contributed by atoms with Gasteiger partial charge in [-0.1, -0.05) is 80.6 Å². The van der Waals surface area contributed by atoms with E-state index in [1.165, 1.54) is 44.5 Å². The van der Waals surface area contributed by atoms with Crippen LogP contribution in [0.1, 0.15) is 36.1 Å². The molecule has 210 valence electrons. The molecule has 44 heavy (non-hydrogen) atoms. The Morgan fingerprint density at radius 2 is 1.14 bits per heavy atom. The van der Waals surface area contributed by atoms with Gasteiger partial charge >= 0.3 is 0 Å². The third-order valence-corrected chi connectivity index (χ3v) is 9.55. The van der Waals surface area contributed by atoms with Gasteiger partial charge in [0, 0.05) is 11.8 Å². The molecule has 0 atom stereocenters. The van der Waals surface area contributed by atoms with Crippen LogP contribution in [-0.2, 0) is 11.8 Å². The van der Waals surface area contributed by atoms with Gasteiger partial charge in [-0.3, -0.25) is 4.79 Å². The van der Waals surface area contributed by atoms with Crippen LogP contribution in [-0.4, -0.2) is 0 Å². The first kappa shape index (κ1) is 25.1. The van der Waals surface area contributed by atoms with Gasteiger partial charge in [-0.15, -0.1) is 0 Å². The maximum absolute atomic E-state index is 13.4. The number of hydrogen-bond donors (Lipinski definition) is 0. The Hall–Kier alpha value is -5.41. The van der Waals surface area contributed by atoms with Crippen LogP contribution in [0, 0.1) is 0 Å². The fourth-order valence-electron chi connectivity index (χ4n) is 7.18. The molecular formula is C41H28O3. The lowest BCUT2D eigenvalue weighted by molar-refractivity contribution is 0.460. The lowest BCUT2D eigenvalue weighted by atomic mass is 9.82. The van der Waals surface area contributed by atoms with Crippen molar-refractivity contribution < 1.29 is 9.15 Å². The Bertz CT molecular complexity index is 2390. The second-order valence-electron chi connectivity index (χ2n) is 12.5. The van der Waals surface area contributed by atoms with Crippen molar-refractivity contribution >= 4 is 21.9 Å². The summed E-state index contributed by atoms with van der Waals surface area (Å²) in [5.74, 6) is 1.88. The molecule has 0 saturated carbocycles. The van der Waals surface area contributed by atoms with Gasteiger partial charge < -0.3 is 9.15 Å². The van der Waals surface area contributed by atoms with E-state index in [0.717, 1.165) is 29.0 Å². The Morgan fingerprint density at radius 3 is 1.93 bits per heavy atom. The monoisotopic (exact) mass is 568 g/mol. The van der Waals surface area contributed by atoms with Crippen LogP contribution in [0.25, 0.3) is 55.3 Å². The number of rotatable bonds is 2. The third kappa shape index (κ3) is 3.66. The Morgan fingerprint density at radius 1 is 0.545 bits per heavy atom. The molecule has 9 rings (SSSR count). The number of ether oxygens (including phenoxy) is 1. The summed E-state index contributed by atoms with van der Waals surface area (Å²) in [6.45, 7) is 4.61. The molecule has 0 saturated heterocycles. The Kier molecular flexibility index (Phi) is 5.16. The van der Waals surface area contributed by atoms with E-state index >= 15 is 0 Å². The smallest absolute Gasteiger partial charge is 0.200 e. The van der Waals surface area contributed by atoms with Crippen LogP contribution in [0.4, 0.5) is 0 Å². The highest BCUT2D eigenvalue weighted by atomic mass is 16.5. The SMILES string of the molecule is CC1(C)c2ccc(-c3ccc4c(c3)Cc3ccccc3O4)cc2-c2cc(-c3ccc4oc5ccccc5c(=O)c4c3)ccc21. The molecule has 0 spiro atoms. The second kappa shape index (κ2) is 9.05. The van der Waals surface area contributed by atoms with Gasteiger partial charge in [-0.2, -0.15) is 0 Å². The van der Waals surface area contributed by atoms with Crippen molar-refractivity contribution in [2.24, 2.45) is 0 Å². The Labute approximate surface area is 255 Å². The topological polar surface area (TPSA) is 39.4 Å². The van der Waals surface area contributed by atoms with Crippen LogP contribution in [0.2, 0.25) is 0 Å². The van der Waals surface area contributed by atoms with Crippen LogP contribution in [0.15, 0.2) is 131 Å². The molecule has 2 heterocycles. The molecule has 3 heteroatoms. The van der Waals surface area contributed by atoms with Gasteiger partial charge in [0.15, 0.2) is 0 Å². The average molecular weight is 569 g/mol. The van der Waals surface area contributed by atoms with Crippen molar-refractivity contribution in [2.45, 2.75) is 25.7 Å². The molecule has 1 aliphatic carbocycles. The van der Waals surface area contributed by atoms with E-state index in [-0.39, 0.29) is 10.8 Å². The van der Waals surface area contributed by atoms with Crippen LogP contribution >= 0.6 is 0 Å². The molecule has 0 amide bonds. The zero-order valence-electron chi connectivity index (χ0n) is 24.5. The maximum Gasteiger partial charge on any atom is 0.200 e. The second-order valence-corrected chi connectivity index (χ2v) is 12.5. The van der Waals surface area contributed by atoms with Gasteiger partial charge in [0.25, 0.3) is 0 Å². The van der Waals surface area contributed by atoms with E-state index in [1.807, 2.05) is 54.6 Å². The fourth-order valence-corrected chi connectivity index (χ4v) is 7.18. The normalized spacial score (nSPS) is 14.0. The first-order valence-corrected chi connectivity index (χ1v) is 15.1. The van der Waals surface area contributed by atoms with Gasteiger partial charge in [0.05, 0.1) is 10.8 Å². The molecule has 0 radical (unpaired) electrons. The van der Waals surface area contributed by atoms with Gasteiger partial charge in [-0.05, 0) is 110 Å². The maximum atomic E-state index is 13.4. The number of para-hydroxylation sites is 2. The van der Waals surface area contributed by atoms with Crippen molar-refractivity contribution in [2.75, 3.05) is 0 Å². The van der Waals surface area contributed by atoms with E-state index in [4.69, 9.17) is 9.15 Å². The van der Waals surface area contributed by atoms with Crippen molar-refractivity contribution in [1.29, 1.82) is 0 Å². The predicted octanol–water partition coefficient (Wildman–Crippen LogP) is 10.3. The molecule has 0 bridgehead atoms. The van der Waals surface area contributed by atoms with Gasteiger partial charge in [-0.25, -0.2) is 0 Å². The van der Waals surface area contributed by atoms with Crippen molar-refractivity contribution in [1.82, 2.24) is 0 Å². The highest BCUT2D eigenvalue weighted by Gasteiger charge is 2.35. The molecule has 0 fully saturated rings. The highest BCUT2D eigenvalue weighted by Crippen LogP contribution is 2.51. The molecule has 7 aromatic rings. The quantitative estimate of drug-likeness (QED) is 0.195. The number of hydrogen-bond acceptors (Lipinski definition) is 3. The lowest BCUT2D eigenvalue weighted by Crippen LogP contribution is -2.14. The summed E-state index contributed by atoms with van der Waals surface area (Å²) in [5, 5.41) is 1.20. The third-order valence-electron chi connectivity index (χ3n) is 9.55. The molecule has 6 aromatic carbocycles. The van der Waals surface area contributed by atoms with Crippen molar-refractivity contribution in [3.63, 3.8) is 0 Å². The summed E-state index contributed by atoms with van der Waals surface area (Å²) in [7, 11) is 0. The molecule has 0 unspecified atom stereocenters. The minimum atomic E-state index is -0.113. The fraction of sp³-hybridized carbons (Fsp3) is 0.0976. The van der Waals surface area contributed by atoms with Crippen molar-refractivity contribution in [3.05, 3.63) is 154 Å². The minimum absolute atomic E-state index is 0.0000755. The highest BCUT2D eigenvalue weighted by molar-refractivity contribution is 5.93. The molecule has 2 aliphatic rings. The van der Waals surface area contributed by atoms with E-state index < -0.39 is 0 Å². The van der Waals surface area contributed by atoms with Crippen molar-refractivity contribution in [3.8, 4) is 44.9 Å². The van der Waals surface area contributed by atoms with Gasteiger partial charge in [0.1, 0.15) is 22.7 Å². The van der Waals surface area contributed by atoms with E-state index in [9.17, 15) is 4.79 Å². The van der Waals surface area contributed by atoms with Crippen LogP contribution in [0.5, 0.6) is 11.5 Å². The lowest BCUT2D eigenvalue weighted by Gasteiger charge is -2.22. The Balaban J connectivity index is 1.14. The predicted molar refractivity (Wildman–Crippen MR) is 178 cm³/mol. The van der Waals surface area contributed by atoms with Gasteiger partial charge in [0.2, 0.25) is 5.43 Å². The zero-order chi connectivity index (χ0) is 29.6. The van der Waals surface area contributed by atoms with E-state index in [2.05, 4.69) is 80.6 Å². The minimum Gasteiger partial charge on any atom is -0.457 e. The average Bonchev–Trinajstić information content (AvgIpc) is 3.28. The van der Waals surface area contributed by atoms with E-state index in [1.54, 1.807) is 0 Å². The molecule has 1 aromatic heterocycles. The summed E-state index contributed by atoms with van der Waals surface area (Å²) in [4.78, 5) is 13.4. The largest absolute Gasteiger partial charge is 0.457 e. The molecule has 1 aliphatic heterocycles. The first-order chi connectivity index (χ1) is 21.4. The summed E-state index contributed by atoms with van der Waals surface area (Å²) in [6, 6.07) is 41.8. The number of benzene rings is 6. The molecule has 3 nitrogen and oxygen atoms in total. The standard InChI is InChI=1S/C41H28O3/c1-41(2)34-15-11-25(24-13-17-37-29(19-24)20-28-7-3-5-9-36(28)43-37)21-31(34)32-22-26(12-16-35(32)41)27-14-18-39-33(23-27)40(42)30-8-4-6-10-38(30)44-39/h3-19,21-23H,20H2,1-2H3. The number of fused-ring (bicyclic) bond motifs is 7. The first-order valence-electron chi connectivity index (χ1n) is 15.1. The zero-order valence-corrected chi connectivity index (χ0v) is 24.5. The summed E-state index contributed by atoms with van der Waals surface area (Å²) in [6.07, 6.45) is 0.865.